The van der Waals surface area contributed by atoms with Crippen LogP contribution in [0.1, 0.15) is 26.7 Å². The topological polar surface area (TPSA) is 18.5 Å². The van der Waals surface area contributed by atoms with Crippen LogP contribution in [0.4, 0.5) is 0 Å². The molecular formula is C13H29N3. The average Bonchev–Trinajstić information content (AvgIpc) is 2.29. The van der Waals surface area contributed by atoms with Gasteiger partial charge in [0.2, 0.25) is 0 Å². The van der Waals surface area contributed by atoms with Crippen molar-refractivity contribution in [3.05, 3.63) is 0 Å². The summed E-state index contributed by atoms with van der Waals surface area (Å²) in [4.78, 5) is 4.97. The highest BCUT2D eigenvalue weighted by Crippen LogP contribution is 2.17. The van der Waals surface area contributed by atoms with Crippen molar-refractivity contribution in [1.29, 1.82) is 0 Å². The average molecular weight is 227 g/mol. The summed E-state index contributed by atoms with van der Waals surface area (Å²) >= 11 is 0. The summed E-state index contributed by atoms with van der Waals surface area (Å²) in [7, 11) is 6.60. The van der Waals surface area contributed by atoms with Crippen molar-refractivity contribution in [2.45, 2.75) is 38.8 Å². The molecule has 16 heavy (non-hydrogen) atoms. The van der Waals surface area contributed by atoms with E-state index >= 15 is 0 Å². The van der Waals surface area contributed by atoms with E-state index in [-0.39, 0.29) is 0 Å². The van der Waals surface area contributed by atoms with Crippen LogP contribution in [0.5, 0.6) is 0 Å². The first-order valence-corrected chi connectivity index (χ1v) is 6.64. The van der Waals surface area contributed by atoms with E-state index in [1.54, 1.807) is 0 Å². The largest absolute Gasteiger partial charge is 0.315 e. The third kappa shape index (κ3) is 3.72. The zero-order chi connectivity index (χ0) is 12.1. The number of rotatable bonds is 5. The van der Waals surface area contributed by atoms with Crippen LogP contribution in [0.3, 0.4) is 0 Å². The Morgan fingerprint density at radius 2 is 2.00 bits per heavy atom. The van der Waals surface area contributed by atoms with Gasteiger partial charge in [0.15, 0.2) is 0 Å². The van der Waals surface area contributed by atoms with Crippen molar-refractivity contribution < 1.29 is 0 Å². The fraction of sp³-hybridized carbons (Fsp3) is 1.00. The third-order valence-corrected chi connectivity index (χ3v) is 4.09. The summed E-state index contributed by atoms with van der Waals surface area (Å²) in [5.41, 5.74) is 0. The quantitative estimate of drug-likeness (QED) is 0.763. The number of nitrogens with one attached hydrogen (secondary N) is 1. The first-order valence-electron chi connectivity index (χ1n) is 6.64. The molecule has 96 valence electrons. The number of hydrogen-bond donors (Lipinski definition) is 1. The molecular weight excluding hydrogens is 198 g/mol. The van der Waals surface area contributed by atoms with Gasteiger partial charge < -0.3 is 10.2 Å². The summed E-state index contributed by atoms with van der Waals surface area (Å²) in [5.74, 6) is 0.818. The lowest BCUT2D eigenvalue weighted by Gasteiger charge is -2.42. The van der Waals surface area contributed by atoms with Gasteiger partial charge in [-0.1, -0.05) is 20.3 Å². The molecule has 0 aromatic carbocycles. The maximum Gasteiger partial charge on any atom is 0.0373 e. The molecule has 1 rings (SSSR count). The number of hydrogen-bond acceptors (Lipinski definition) is 3. The lowest BCUT2D eigenvalue weighted by atomic mass is 9.92. The molecule has 1 fully saturated rings. The molecule has 0 amide bonds. The second kappa shape index (κ2) is 6.58. The second-order valence-electron chi connectivity index (χ2n) is 5.45. The molecule has 3 nitrogen and oxygen atoms in total. The minimum atomic E-state index is 0.628. The highest BCUT2D eigenvalue weighted by atomic mass is 15.3. The first-order chi connectivity index (χ1) is 7.58. The van der Waals surface area contributed by atoms with E-state index in [9.17, 15) is 0 Å². The highest BCUT2D eigenvalue weighted by Gasteiger charge is 2.29. The van der Waals surface area contributed by atoms with Gasteiger partial charge in [0.1, 0.15) is 0 Å². The monoisotopic (exact) mass is 227 g/mol. The lowest BCUT2D eigenvalue weighted by Crippen LogP contribution is -2.58. The van der Waals surface area contributed by atoms with Crippen molar-refractivity contribution in [3.8, 4) is 0 Å². The maximum atomic E-state index is 3.52. The van der Waals surface area contributed by atoms with Crippen molar-refractivity contribution in [3.63, 3.8) is 0 Å². The van der Waals surface area contributed by atoms with Crippen LogP contribution in [0.25, 0.3) is 0 Å². The molecule has 3 atom stereocenters. The van der Waals surface area contributed by atoms with Crippen LogP contribution in [0.15, 0.2) is 0 Å². The molecule has 3 heteroatoms. The number of nitrogens with zero attached hydrogens (tertiary/aromatic N) is 2. The van der Waals surface area contributed by atoms with Gasteiger partial charge in [0, 0.05) is 31.7 Å². The molecule has 0 saturated carbocycles. The molecule has 0 aromatic heterocycles. The maximum absolute atomic E-state index is 3.52. The van der Waals surface area contributed by atoms with Crippen molar-refractivity contribution in [2.24, 2.45) is 5.92 Å². The highest BCUT2D eigenvalue weighted by molar-refractivity contribution is 4.88. The molecule has 0 radical (unpaired) electrons. The fourth-order valence-electron chi connectivity index (χ4n) is 2.55. The van der Waals surface area contributed by atoms with Crippen molar-refractivity contribution in [2.75, 3.05) is 40.8 Å². The lowest BCUT2D eigenvalue weighted by molar-refractivity contribution is 0.0830. The minimum Gasteiger partial charge on any atom is -0.315 e. The molecule has 1 N–H and O–H groups in total. The van der Waals surface area contributed by atoms with E-state index in [0.717, 1.165) is 5.92 Å². The van der Waals surface area contributed by atoms with Crippen LogP contribution in [0.2, 0.25) is 0 Å². The van der Waals surface area contributed by atoms with E-state index in [0.29, 0.717) is 12.1 Å². The molecule has 0 aliphatic carbocycles. The van der Waals surface area contributed by atoms with E-state index in [1.807, 2.05) is 0 Å². The predicted octanol–water partition coefficient (Wildman–Crippen LogP) is 1.26. The molecule has 0 bridgehead atoms. The molecule has 1 aliphatic heterocycles. The van der Waals surface area contributed by atoms with Gasteiger partial charge in [-0.25, -0.2) is 0 Å². The van der Waals surface area contributed by atoms with Gasteiger partial charge in [-0.05, 0) is 33.5 Å². The molecule has 1 saturated heterocycles. The standard InChI is InChI=1S/C13H29N3/c1-6-11(2)9-12(14-3)13-10-15(4)7-8-16(13)5/h11-14H,6-10H2,1-5H3. The Balaban J connectivity index is 2.55. The van der Waals surface area contributed by atoms with Gasteiger partial charge in [-0.15, -0.1) is 0 Å². The van der Waals surface area contributed by atoms with Crippen molar-refractivity contribution >= 4 is 0 Å². The zero-order valence-corrected chi connectivity index (χ0v) is 11.7. The molecule has 1 aliphatic rings. The molecule has 1 heterocycles. The normalized spacial score (nSPS) is 27.9. The Morgan fingerprint density at radius 1 is 1.31 bits per heavy atom. The fourth-order valence-corrected chi connectivity index (χ4v) is 2.55. The number of piperazine rings is 1. The Labute approximate surface area is 101 Å². The zero-order valence-electron chi connectivity index (χ0n) is 11.7. The third-order valence-electron chi connectivity index (χ3n) is 4.09. The summed E-state index contributed by atoms with van der Waals surface area (Å²) < 4.78 is 0. The van der Waals surface area contributed by atoms with Crippen LogP contribution in [-0.4, -0.2) is 62.7 Å². The van der Waals surface area contributed by atoms with Crippen LogP contribution in [0, 0.1) is 5.92 Å². The summed E-state index contributed by atoms with van der Waals surface area (Å²) in [6.45, 7) is 8.23. The molecule has 3 unspecified atom stereocenters. The van der Waals surface area contributed by atoms with Crippen LogP contribution in [-0.2, 0) is 0 Å². The predicted molar refractivity (Wildman–Crippen MR) is 70.8 cm³/mol. The SMILES string of the molecule is CCC(C)CC(NC)C1CN(C)CCN1C. The Bertz CT molecular complexity index is 196. The van der Waals surface area contributed by atoms with Gasteiger partial charge in [-0.2, -0.15) is 0 Å². The van der Waals surface area contributed by atoms with Gasteiger partial charge in [0.25, 0.3) is 0 Å². The van der Waals surface area contributed by atoms with Crippen molar-refractivity contribution in [1.82, 2.24) is 15.1 Å². The van der Waals surface area contributed by atoms with E-state index in [1.165, 1.54) is 32.5 Å². The first kappa shape index (κ1) is 13.9. The Hall–Kier alpha value is -0.120. The van der Waals surface area contributed by atoms with E-state index < -0.39 is 0 Å². The minimum absolute atomic E-state index is 0.628. The van der Waals surface area contributed by atoms with Gasteiger partial charge >= 0.3 is 0 Å². The Kier molecular flexibility index (Phi) is 5.73. The van der Waals surface area contributed by atoms with E-state index in [4.69, 9.17) is 0 Å². The smallest absolute Gasteiger partial charge is 0.0373 e. The van der Waals surface area contributed by atoms with Crippen LogP contribution < -0.4 is 5.32 Å². The summed E-state index contributed by atoms with van der Waals surface area (Å²) in [6.07, 6.45) is 2.57. The molecule has 0 spiro atoms. The second-order valence-corrected chi connectivity index (χ2v) is 5.45. The summed E-state index contributed by atoms with van der Waals surface area (Å²) in [5, 5.41) is 3.52. The van der Waals surface area contributed by atoms with Gasteiger partial charge in [0.05, 0.1) is 0 Å². The Morgan fingerprint density at radius 3 is 2.56 bits per heavy atom. The van der Waals surface area contributed by atoms with E-state index in [2.05, 4.69) is 50.1 Å². The van der Waals surface area contributed by atoms with Gasteiger partial charge in [-0.3, -0.25) is 4.90 Å². The molecule has 0 aromatic rings. The number of likely N-dealkylation sites (N-methyl/N-ethyl adjacent to an activating group) is 3. The van der Waals surface area contributed by atoms with Crippen LogP contribution >= 0.6 is 0 Å². The summed E-state index contributed by atoms with van der Waals surface area (Å²) in [6, 6.07) is 1.29.